The van der Waals surface area contributed by atoms with E-state index in [2.05, 4.69) is 10.6 Å². The predicted octanol–water partition coefficient (Wildman–Crippen LogP) is 2.17. The molecule has 3 rings (SSSR count). The van der Waals surface area contributed by atoms with Crippen molar-refractivity contribution in [3.05, 3.63) is 65.2 Å². The Labute approximate surface area is 158 Å². The lowest BCUT2D eigenvalue weighted by Gasteiger charge is -2.15. The molecule has 0 saturated carbocycles. The first-order valence-electron chi connectivity index (χ1n) is 9.04. The molecule has 1 saturated heterocycles. The summed E-state index contributed by atoms with van der Waals surface area (Å²) in [5, 5.41) is 5.39. The third-order valence-electron chi connectivity index (χ3n) is 4.53. The third kappa shape index (κ3) is 4.94. The first kappa shape index (κ1) is 18.6. The average molecular weight is 365 g/mol. The molecule has 0 spiro atoms. The lowest BCUT2D eigenvalue weighted by molar-refractivity contribution is -0.120. The van der Waals surface area contributed by atoms with Gasteiger partial charge in [-0.05, 0) is 43.2 Å². The zero-order valence-electron chi connectivity index (χ0n) is 15.3. The van der Waals surface area contributed by atoms with Gasteiger partial charge in [0.25, 0.3) is 5.91 Å². The summed E-state index contributed by atoms with van der Waals surface area (Å²) in [7, 11) is 0. The number of hydrogen-bond acceptors (Lipinski definition) is 3. The minimum atomic E-state index is -0.320. The summed E-state index contributed by atoms with van der Waals surface area (Å²) in [5.74, 6) is -0.458. The summed E-state index contributed by atoms with van der Waals surface area (Å²) < 4.78 is 0. The van der Waals surface area contributed by atoms with E-state index in [0.717, 1.165) is 23.2 Å². The van der Waals surface area contributed by atoms with Gasteiger partial charge in [0.15, 0.2) is 0 Å². The number of anilines is 1. The highest BCUT2D eigenvalue weighted by molar-refractivity contribution is 5.98. The molecule has 27 heavy (non-hydrogen) atoms. The van der Waals surface area contributed by atoms with Crippen LogP contribution in [-0.2, 0) is 16.1 Å². The number of hydrogen-bond donors (Lipinski definition) is 2. The molecule has 0 atom stereocenters. The zero-order valence-corrected chi connectivity index (χ0v) is 15.3. The summed E-state index contributed by atoms with van der Waals surface area (Å²) in [6.45, 7) is 3.06. The summed E-state index contributed by atoms with van der Waals surface area (Å²) in [5.41, 5.74) is 3.42. The van der Waals surface area contributed by atoms with E-state index in [9.17, 15) is 14.4 Å². The molecule has 3 amide bonds. The molecule has 6 heteroatoms. The predicted molar refractivity (Wildman–Crippen MR) is 103 cm³/mol. The highest BCUT2D eigenvalue weighted by atomic mass is 16.2. The highest BCUT2D eigenvalue weighted by Gasteiger charge is 2.21. The van der Waals surface area contributed by atoms with Gasteiger partial charge in [-0.2, -0.15) is 0 Å². The van der Waals surface area contributed by atoms with Gasteiger partial charge in [0.05, 0.1) is 6.54 Å². The van der Waals surface area contributed by atoms with Crippen molar-refractivity contribution in [2.75, 3.05) is 18.0 Å². The molecule has 0 aliphatic carbocycles. The third-order valence-corrected chi connectivity index (χ3v) is 4.53. The Morgan fingerprint density at radius 3 is 2.33 bits per heavy atom. The van der Waals surface area contributed by atoms with Crippen molar-refractivity contribution in [2.24, 2.45) is 0 Å². The molecular weight excluding hydrogens is 342 g/mol. The largest absolute Gasteiger partial charge is 0.350 e. The van der Waals surface area contributed by atoms with Crippen LogP contribution in [0.5, 0.6) is 0 Å². The second-order valence-corrected chi connectivity index (χ2v) is 6.64. The van der Waals surface area contributed by atoms with Crippen LogP contribution in [0.3, 0.4) is 0 Å². The highest BCUT2D eigenvalue weighted by Crippen LogP contribution is 2.21. The fraction of sp³-hybridized carbons (Fsp3) is 0.286. The van der Waals surface area contributed by atoms with Crippen molar-refractivity contribution in [2.45, 2.75) is 26.3 Å². The van der Waals surface area contributed by atoms with Crippen LogP contribution in [0.25, 0.3) is 0 Å². The zero-order chi connectivity index (χ0) is 19.2. The lowest BCUT2D eigenvalue weighted by atomic mass is 10.1. The molecule has 1 heterocycles. The van der Waals surface area contributed by atoms with Crippen molar-refractivity contribution in [1.82, 2.24) is 10.6 Å². The van der Waals surface area contributed by atoms with Crippen LogP contribution < -0.4 is 15.5 Å². The molecule has 1 aliphatic heterocycles. The Hall–Kier alpha value is -3.15. The van der Waals surface area contributed by atoms with Gasteiger partial charge in [0.1, 0.15) is 0 Å². The maximum Gasteiger partial charge on any atom is 0.251 e. The molecule has 140 valence electrons. The fourth-order valence-electron chi connectivity index (χ4n) is 2.95. The van der Waals surface area contributed by atoms with Gasteiger partial charge in [0.2, 0.25) is 11.8 Å². The van der Waals surface area contributed by atoms with Crippen LogP contribution in [0.2, 0.25) is 0 Å². The Bertz CT molecular complexity index is 829. The Kier molecular flexibility index (Phi) is 5.86. The van der Waals surface area contributed by atoms with E-state index in [1.807, 2.05) is 31.2 Å². The Balaban J connectivity index is 1.46. The van der Waals surface area contributed by atoms with E-state index in [4.69, 9.17) is 0 Å². The lowest BCUT2D eigenvalue weighted by Crippen LogP contribution is -2.36. The van der Waals surface area contributed by atoms with Gasteiger partial charge >= 0.3 is 0 Å². The Morgan fingerprint density at radius 1 is 1.00 bits per heavy atom. The number of nitrogens with zero attached hydrogens (tertiary/aromatic N) is 1. The van der Waals surface area contributed by atoms with Gasteiger partial charge in [0, 0.05) is 30.8 Å². The van der Waals surface area contributed by atoms with Crippen LogP contribution in [0.15, 0.2) is 48.5 Å². The monoisotopic (exact) mass is 365 g/mol. The van der Waals surface area contributed by atoms with Crippen LogP contribution in [0.4, 0.5) is 5.69 Å². The van der Waals surface area contributed by atoms with E-state index in [1.165, 1.54) is 0 Å². The SMILES string of the molecule is Cc1ccc(CNC(=O)CNC(=O)c2ccc(N3CCCC3=O)cc2)cc1. The van der Waals surface area contributed by atoms with Gasteiger partial charge < -0.3 is 15.5 Å². The molecule has 0 unspecified atom stereocenters. The molecule has 0 bridgehead atoms. The van der Waals surface area contributed by atoms with Crippen LogP contribution in [-0.4, -0.2) is 30.8 Å². The smallest absolute Gasteiger partial charge is 0.251 e. The normalized spacial score (nSPS) is 13.5. The van der Waals surface area contributed by atoms with Gasteiger partial charge in [-0.1, -0.05) is 29.8 Å². The van der Waals surface area contributed by atoms with Gasteiger partial charge in [-0.15, -0.1) is 0 Å². The van der Waals surface area contributed by atoms with Crippen molar-refractivity contribution in [3.63, 3.8) is 0 Å². The number of benzene rings is 2. The fourth-order valence-corrected chi connectivity index (χ4v) is 2.95. The van der Waals surface area contributed by atoms with Crippen molar-refractivity contribution < 1.29 is 14.4 Å². The number of rotatable bonds is 6. The first-order chi connectivity index (χ1) is 13.0. The summed E-state index contributed by atoms with van der Waals surface area (Å²) >= 11 is 0. The quantitative estimate of drug-likeness (QED) is 0.823. The molecule has 1 fully saturated rings. The van der Waals surface area contributed by atoms with E-state index in [0.29, 0.717) is 25.1 Å². The van der Waals surface area contributed by atoms with E-state index >= 15 is 0 Å². The van der Waals surface area contributed by atoms with Crippen molar-refractivity contribution >= 4 is 23.4 Å². The summed E-state index contributed by atoms with van der Waals surface area (Å²) in [6.07, 6.45) is 1.43. The number of carbonyl (C=O) groups excluding carboxylic acids is 3. The average Bonchev–Trinajstić information content (AvgIpc) is 3.11. The number of aryl methyl sites for hydroxylation is 1. The number of amides is 3. The van der Waals surface area contributed by atoms with Crippen LogP contribution in [0, 0.1) is 6.92 Å². The summed E-state index contributed by atoms with van der Waals surface area (Å²) in [4.78, 5) is 37.6. The minimum absolute atomic E-state index is 0.0863. The second kappa shape index (κ2) is 8.49. The Morgan fingerprint density at radius 2 is 1.70 bits per heavy atom. The van der Waals surface area contributed by atoms with Gasteiger partial charge in [-0.3, -0.25) is 14.4 Å². The van der Waals surface area contributed by atoms with E-state index in [1.54, 1.807) is 29.2 Å². The maximum absolute atomic E-state index is 12.2. The van der Waals surface area contributed by atoms with E-state index < -0.39 is 0 Å². The molecule has 1 aliphatic rings. The number of carbonyl (C=O) groups is 3. The van der Waals surface area contributed by atoms with Crippen molar-refractivity contribution in [3.8, 4) is 0 Å². The molecule has 0 radical (unpaired) electrons. The molecule has 6 nitrogen and oxygen atoms in total. The van der Waals surface area contributed by atoms with Crippen LogP contribution in [0.1, 0.15) is 34.3 Å². The molecule has 2 N–H and O–H groups in total. The van der Waals surface area contributed by atoms with Crippen LogP contribution >= 0.6 is 0 Å². The minimum Gasteiger partial charge on any atom is -0.350 e. The second-order valence-electron chi connectivity index (χ2n) is 6.64. The first-order valence-corrected chi connectivity index (χ1v) is 9.04. The topological polar surface area (TPSA) is 78.5 Å². The van der Waals surface area contributed by atoms with Gasteiger partial charge in [-0.25, -0.2) is 0 Å². The van der Waals surface area contributed by atoms with E-state index in [-0.39, 0.29) is 24.3 Å². The molecule has 0 aromatic heterocycles. The molecule has 2 aromatic rings. The summed E-state index contributed by atoms with van der Waals surface area (Å²) in [6, 6.07) is 14.7. The van der Waals surface area contributed by atoms with Crippen molar-refractivity contribution in [1.29, 1.82) is 0 Å². The standard InChI is InChI=1S/C21H23N3O3/c1-15-4-6-16(7-5-15)13-22-19(25)14-23-21(27)17-8-10-18(11-9-17)24-12-2-3-20(24)26/h4-11H,2-3,12-14H2,1H3,(H,22,25)(H,23,27). The maximum atomic E-state index is 12.2. The number of nitrogens with one attached hydrogen (secondary N) is 2. The molecule has 2 aromatic carbocycles. The molecular formula is C21H23N3O3.